The molecule has 0 spiro atoms. The molecule has 0 atom stereocenters. The topological polar surface area (TPSA) is 58.2 Å². The lowest BCUT2D eigenvalue weighted by Crippen LogP contribution is -2.14. The Morgan fingerprint density at radius 1 is 0.767 bits per heavy atom. The highest BCUT2D eigenvalue weighted by molar-refractivity contribution is 8.00. The lowest BCUT2D eigenvalue weighted by Gasteiger charge is -2.09. The normalized spacial score (nSPS) is 10.5. The molecule has 0 radical (unpaired) electrons. The molecular weight excluding hydrogens is 486 g/mol. The first kappa shape index (κ1) is 22.8. The summed E-state index contributed by atoms with van der Waals surface area (Å²) >= 11 is 25.1. The molecule has 0 saturated carbocycles. The molecular formula is C21H14Cl4N2O2S. The molecule has 0 aromatic heterocycles. The quantitative estimate of drug-likeness (QED) is 0.350. The largest absolute Gasteiger partial charge is 0.325 e. The zero-order valence-electron chi connectivity index (χ0n) is 15.2. The summed E-state index contributed by atoms with van der Waals surface area (Å²) in [5, 5.41) is 7.06. The van der Waals surface area contributed by atoms with Crippen molar-refractivity contribution in [3.8, 4) is 0 Å². The van der Waals surface area contributed by atoms with Gasteiger partial charge in [0, 0.05) is 21.3 Å². The highest BCUT2D eigenvalue weighted by Gasteiger charge is 2.12. The number of hydrogen-bond donors (Lipinski definition) is 2. The van der Waals surface area contributed by atoms with Crippen molar-refractivity contribution in [2.75, 3.05) is 16.4 Å². The molecule has 4 nitrogen and oxygen atoms in total. The first-order valence-corrected chi connectivity index (χ1v) is 11.1. The maximum absolute atomic E-state index is 12.4. The van der Waals surface area contributed by atoms with Crippen molar-refractivity contribution in [1.29, 1.82) is 0 Å². The van der Waals surface area contributed by atoms with Crippen molar-refractivity contribution < 1.29 is 9.59 Å². The highest BCUT2D eigenvalue weighted by Crippen LogP contribution is 2.27. The van der Waals surface area contributed by atoms with E-state index in [-0.39, 0.29) is 22.6 Å². The van der Waals surface area contributed by atoms with Crippen LogP contribution in [-0.2, 0) is 4.79 Å². The van der Waals surface area contributed by atoms with Crippen molar-refractivity contribution in [2.45, 2.75) is 4.90 Å². The number of benzene rings is 3. The Morgan fingerprint density at radius 3 is 2.27 bits per heavy atom. The van der Waals surface area contributed by atoms with Gasteiger partial charge in [-0.2, -0.15) is 0 Å². The van der Waals surface area contributed by atoms with E-state index in [2.05, 4.69) is 10.6 Å². The lowest BCUT2D eigenvalue weighted by atomic mass is 10.2. The minimum atomic E-state index is -0.351. The second-order valence-corrected chi connectivity index (χ2v) is 8.78. The van der Waals surface area contributed by atoms with E-state index in [0.717, 1.165) is 4.90 Å². The van der Waals surface area contributed by atoms with Crippen LogP contribution in [0.3, 0.4) is 0 Å². The number of hydrogen-bond acceptors (Lipinski definition) is 3. The van der Waals surface area contributed by atoms with Crippen LogP contribution in [0.2, 0.25) is 20.1 Å². The summed E-state index contributed by atoms with van der Waals surface area (Å²) < 4.78 is 0. The summed E-state index contributed by atoms with van der Waals surface area (Å²) in [4.78, 5) is 25.5. The Balaban J connectivity index is 1.59. The number of halogens is 4. The molecule has 3 rings (SSSR count). The molecule has 0 fully saturated rings. The van der Waals surface area contributed by atoms with Gasteiger partial charge in [-0.05, 0) is 54.6 Å². The van der Waals surface area contributed by atoms with E-state index in [9.17, 15) is 9.59 Å². The molecule has 0 bridgehead atoms. The van der Waals surface area contributed by atoms with Crippen LogP contribution in [0.5, 0.6) is 0 Å². The summed E-state index contributed by atoms with van der Waals surface area (Å²) in [6.07, 6.45) is 0. The summed E-state index contributed by atoms with van der Waals surface area (Å²) in [5.41, 5.74) is 1.47. The molecule has 0 unspecified atom stereocenters. The molecule has 3 aromatic carbocycles. The van der Waals surface area contributed by atoms with Crippen molar-refractivity contribution >= 4 is 81.4 Å². The Bertz CT molecular complexity index is 1110. The third-order valence-corrected chi connectivity index (χ3v) is 6.12. The second-order valence-electron chi connectivity index (χ2n) is 6.07. The summed E-state index contributed by atoms with van der Waals surface area (Å²) in [6, 6.07) is 16.7. The zero-order chi connectivity index (χ0) is 21.7. The molecule has 0 aliphatic carbocycles. The van der Waals surface area contributed by atoms with Gasteiger partial charge in [-0.3, -0.25) is 9.59 Å². The van der Waals surface area contributed by atoms with Crippen molar-refractivity contribution in [1.82, 2.24) is 0 Å². The van der Waals surface area contributed by atoms with E-state index < -0.39 is 0 Å². The van der Waals surface area contributed by atoms with Gasteiger partial charge in [0.15, 0.2) is 0 Å². The number of nitrogens with one attached hydrogen (secondary N) is 2. The van der Waals surface area contributed by atoms with Crippen molar-refractivity contribution in [2.24, 2.45) is 0 Å². The van der Waals surface area contributed by atoms with E-state index in [4.69, 9.17) is 46.4 Å². The van der Waals surface area contributed by atoms with Crippen LogP contribution in [0.25, 0.3) is 0 Å². The molecule has 30 heavy (non-hydrogen) atoms. The lowest BCUT2D eigenvalue weighted by molar-refractivity contribution is -0.113. The third-order valence-electron chi connectivity index (χ3n) is 3.84. The van der Waals surface area contributed by atoms with Crippen LogP contribution in [0.4, 0.5) is 11.4 Å². The molecule has 2 amide bonds. The van der Waals surface area contributed by atoms with Crippen molar-refractivity contribution in [3.63, 3.8) is 0 Å². The second kappa shape index (κ2) is 10.4. The number of carbonyl (C=O) groups is 2. The fourth-order valence-electron chi connectivity index (χ4n) is 2.46. The maximum atomic E-state index is 12.4. The molecule has 9 heteroatoms. The minimum Gasteiger partial charge on any atom is -0.325 e. The van der Waals surface area contributed by atoms with Gasteiger partial charge in [-0.25, -0.2) is 0 Å². The Kier molecular flexibility index (Phi) is 7.92. The van der Waals surface area contributed by atoms with Crippen LogP contribution in [0.15, 0.2) is 65.6 Å². The standard InChI is InChI=1S/C21H14Cl4N2O2S/c22-12-4-6-16(18(24)8-12)21(29)27-13-2-1-3-15(9-13)30-11-20(28)26-14-5-7-17(23)19(25)10-14/h1-10H,11H2,(H,26,28)(H,27,29). The third kappa shape index (κ3) is 6.30. The first-order valence-electron chi connectivity index (χ1n) is 8.56. The maximum Gasteiger partial charge on any atom is 0.257 e. The van der Waals surface area contributed by atoms with E-state index in [1.165, 1.54) is 17.8 Å². The van der Waals surface area contributed by atoms with Crippen LogP contribution in [0.1, 0.15) is 10.4 Å². The SMILES string of the molecule is O=C(CSc1cccc(NC(=O)c2ccc(Cl)cc2Cl)c1)Nc1ccc(Cl)c(Cl)c1. The Hall–Kier alpha value is -1.89. The summed E-state index contributed by atoms with van der Waals surface area (Å²) in [7, 11) is 0. The van der Waals surface area contributed by atoms with Gasteiger partial charge >= 0.3 is 0 Å². The highest BCUT2D eigenvalue weighted by atomic mass is 35.5. The average Bonchev–Trinajstić information content (AvgIpc) is 2.69. The monoisotopic (exact) mass is 498 g/mol. The average molecular weight is 500 g/mol. The van der Waals surface area contributed by atoms with E-state index in [1.54, 1.807) is 48.5 Å². The van der Waals surface area contributed by atoms with Crippen LogP contribution in [-0.4, -0.2) is 17.6 Å². The summed E-state index contributed by atoms with van der Waals surface area (Å²) in [5.74, 6) is -0.363. The molecule has 0 aliphatic rings. The molecule has 0 aliphatic heterocycles. The summed E-state index contributed by atoms with van der Waals surface area (Å²) in [6.45, 7) is 0. The van der Waals surface area contributed by atoms with E-state index in [1.807, 2.05) is 6.07 Å². The van der Waals surface area contributed by atoms with Crippen LogP contribution >= 0.6 is 58.2 Å². The van der Waals surface area contributed by atoms with Gasteiger partial charge in [0.1, 0.15) is 0 Å². The number of carbonyl (C=O) groups excluding carboxylic acids is 2. The number of anilines is 2. The Morgan fingerprint density at radius 2 is 1.53 bits per heavy atom. The smallest absolute Gasteiger partial charge is 0.257 e. The zero-order valence-corrected chi connectivity index (χ0v) is 19.1. The number of rotatable bonds is 6. The van der Waals surface area contributed by atoms with E-state index >= 15 is 0 Å². The molecule has 0 saturated heterocycles. The van der Waals surface area contributed by atoms with Gasteiger partial charge in [0.25, 0.3) is 5.91 Å². The Labute approximate surface area is 197 Å². The van der Waals surface area contributed by atoms with Crippen LogP contribution < -0.4 is 10.6 Å². The minimum absolute atomic E-state index is 0.181. The van der Waals surface area contributed by atoms with Gasteiger partial charge in [0.05, 0.1) is 26.4 Å². The molecule has 2 N–H and O–H groups in total. The van der Waals surface area contributed by atoms with Gasteiger partial charge in [0.2, 0.25) is 5.91 Å². The molecule has 154 valence electrons. The van der Waals surface area contributed by atoms with Gasteiger partial charge < -0.3 is 10.6 Å². The molecule has 3 aromatic rings. The first-order chi connectivity index (χ1) is 14.3. The fourth-order valence-corrected chi connectivity index (χ4v) is 4.00. The van der Waals surface area contributed by atoms with Gasteiger partial charge in [-0.15, -0.1) is 11.8 Å². The van der Waals surface area contributed by atoms with Crippen molar-refractivity contribution in [3.05, 3.63) is 86.3 Å². The number of thioether (sulfide) groups is 1. The molecule has 0 heterocycles. The van der Waals surface area contributed by atoms with Crippen LogP contribution in [0, 0.1) is 0 Å². The van der Waals surface area contributed by atoms with Gasteiger partial charge in [-0.1, -0.05) is 52.5 Å². The number of amides is 2. The predicted molar refractivity (Wildman–Crippen MR) is 127 cm³/mol. The predicted octanol–water partition coefficient (Wildman–Crippen LogP) is 7.28. The van der Waals surface area contributed by atoms with E-state index in [0.29, 0.717) is 32.0 Å². The fraction of sp³-hybridized carbons (Fsp3) is 0.0476.